The molecule has 1 heterocycles. The highest BCUT2D eigenvalue weighted by Gasteiger charge is 2.31. The van der Waals surface area contributed by atoms with E-state index in [1.165, 1.54) is 16.7 Å². The molecule has 1 fully saturated rings. The zero-order chi connectivity index (χ0) is 15.7. The number of aromatic nitrogens is 2. The van der Waals surface area contributed by atoms with Gasteiger partial charge in [-0.15, -0.1) is 12.4 Å². The molecule has 1 saturated carbocycles. The molecule has 4 nitrogen and oxygen atoms in total. The van der Waals surface area contributed by atoms with E-state index in [1.807, 2.05) is 10.8 Å². The monoisotopic (exact) mass is 334 g/mol. The van der Waals surface area contributed by atoms with Crippen LogP contribution in [0, 0.1) is 19.8 Å². The number of aryl methyl sites for hydroxylation is 1. The summed E-state index contributed by atoms with van der Waals surface area (Å²) in [7, 11) is 0. The van der Waals surface area contributed by atoms with E-state index < -0.39 is 0 Å². The first kappa shape index (κ1) is 17.5. The van der Waals surface area contributed by atoms with E-state index in [0.717, 1.165) is 18.5 Å². The van der Waals surface area contributed by atoms with Crippen LogP contribution >= 0.6 is 12.4 Å². The van der Waals surface area contributed by atoms with Crippen molar-refractivity contribution in [1.29, 1.82) is 0 Å². The number of hydrogen-bond donors (Lipinski definition) is 0. The van der Waals surface area contributed by atoms with Crippen LogP contribution in [0.15, 0.2) is 30.7 Å². The molecule has 3 rings (SSSR count). The lowest BCUT2D eigenvalue weighted by atomic mass is 9.92. The second-order valence-electron chi connectivity index (χ2n) is 6.19. The predicted octanol–water partition coefficient (Wildman–Crippen LogP) is 3.98. The fourth-order valence-corrected chi connectivity index (χ4v) is 2.65. The van der Waals surface area contributed by atoms with Crippen LogP contribution in [0.5, 0.6) is 0 Å². The van der Waals surface area contributed by atoms with Gasteiger partial charge >= 0.3 is 5.97 Å². The maximum atomic E-state index is 11.6. The first-order valence-corrected chi connectivity index (χ1v) is 7.80. The van der Waals surface area contributed by atoms with E-state index in [0.29, 0.717) is 0 Å². The van der Waals surface area contributed by atoms with Gasteiger partial charge in [-0.1, -0.05) is 25.1 Å². The molecule has 0 spiro atoms. The molecular weight excluding hydrogens is 312 g/mol. The highest BCUT2D eigenvalue weighted by atomic mass is 35.5. The molecule has 0 radical (unpaired) electrons. The van der Waals surface area contributed by atoms with Crippen LogP contribution in [0.1, 0.15) is 48.1 Å². The minimum absolute atomic E-state index is 0. The van der Waals surface area contributed by atoms with Gasteiger partial charge in [-0.2, -0.15) is 0 Å². The van der Waals surface area contributed by atoms with Crippen molar-refractivity contribution in [3.05, 3.63) is 53.1 Å². The summed E-state index contributed by atoms with van der Waals surface area (Å²) in [6.07, 6.45) is 5.64. The summed E-state index contributed by atoms with van der Waals surface area (Å²) in [6.45, 7) is 6.68. The minimum atomic E-state index is -0.0853. The summed E-state index contributed by atoms with van der Waals surface area (Å²) >= 11 is 0. The van der Waals surface area contributed by atoms with Crippen molar-refractivity contribution >= 4 is 18.4 Å². The fourth-order valence-electron chi connectivity index (χ4n) is 2.65. The van der Waals surface area contributed by atoms with Gasteiger partial charge in [-0.3, -0.25) is 4.79 Å². The number of rotatable bonds is 5. The van der Waals surface area contributed by atoms with Crippen molar-refractivity contribution in [2.24, 2.45) is 5.92 Å². The number of esters is 1. The molecule has 5 heteroatoms. The van der Waals surface area contributed by atoms with Crippen LogP contribution in [0.4, 0.5) is 0 Å². The van der Waals surface area contributed by atoms with Crippen molar-refractivity contribution in [1.82, 2.24) is 9.55 Å². The van der Waals surface area contributed by atoms with E-state index in [4.69, 9.17) is 4.74 Å². The van der Waals surface area contributed by atoms with Gasteiger partial charge in [0.1, 0.15) is 0 Å². The number of ether oxygens (including phenoxy) is 1. The second kappa shape index (κ2) is 7.18. The third kappa shape index (κ3) is 3.94. The lowest BCUT2D eigenvalue weighted by molar-refractivity contribution is -0.149. The highest BCUT2D eigenvalue weighted by Crippen LogP contribution is 2.30. The Labute approximate surface area is 143 Å². The van der Waals surface area contributed by atoms with Gasteiger partial charge in [0.15, 0.2) is 6.73 Å². The number of benzene rings is 1. The summed E-state index contributed by atoms with van der Waals surface area (Å²) in [5, 5.41) is 0. The third-order valence-corrected chi connectivity index (χ3v) is 4.48. The first-order valence-electron chi connectivity index (χ1n) is 7.80. The summed E-state index contributed by atoms with van der Waals surface area (Å²) < 4.78 is 7.11. The van der Waals surface area contributed by atoms with Crippen LogP contribution in [-0.4, -0.2) is 15.5 Å². The molecule has 124 valence electrons. The molecule has 1 aliphatic carbocycles. The minimum Gasteiger partial charge on any atom is -0.444 e. The Kier molecular flexibility index (Phi) is 5.47. The van der Waals surface area contributed by atoms with Gasteiger partial charge in [-0.25, -0.2) is 4.98 Å². The van der Waals surface area contributed by atoms with Gasteiger partial charge in [0.25, 0.3) is 0 Å². The molecule has 1 atom stereocenters. The van der Waals surface area contributed by atoms with Crippen molar-refractivity contribution in [3.8, 4) is 0 Å². The number of hydrogen-bond acceptors (Lipinski definition) is 3. The van der Waals surface area contributed by atoms with Crippen LogP contribution in [0.25, 0.3) is 0 Å². The molecule has 0 unspecified atom stereocenters. The van der Waals surface area contributed by atoms with Crippen molar-refractivity contribution in [2.75, 3.05) is 0 Å². The number of halogens is 1. The summed E-state index contributed by atoms with van der Waals surface area (Å²) in [4.78, 5) is 16.0. The van der Waals surface area contributed by atoms with E-state index >= 15 is 0 Å². The third-order valence-electron chi connectivity index (χ3n) is 4.48. The molecule has 2 aromatic rings. The quantitative estimate of drug-likeness (QED) is 0.777. The molecule has 0 aliphatic heterocycles. The van der Waals surface area contributed by atoms with Gasteiger partial charge < -0.3 is 9.30 Å². The summed E-state index contributed by atoms with van der Waals surface area (Å²) in [6, 6.07) is 6.36. The van der Waals surface area contributed by atoms with E-state index in [-0.39, 0.29) is 36.9 Å². The average molecular weight is 335 g/mol. The lowest BCUT2D eigenvalue weighted by Gasteiger charge is -2.14. The Morgan fingerprint density at radius 2 is 2.13 bits per heavy atom. The number of carbonyl (C=O) groups is 1. The molecule has 0 bridgehead atoms. The number of carbonyl (C=O) groups excluding carboxylic acids is 1. The molecular formula is C18H23ClN2O2. The zero-order valence-electron chi connectivity index (χ0n) is 13.8. The number of imidazole rings is 1. The van der Waals surface area contributed by atoms with Crippen molar-refractivity contribution in [2.45, 2.75) is 46.3 Å². The normalized spacial score (nSPS) is 14.9. The lowest BCUT2D eigenvalue weighted by Crippen LogP contribution is -2.09. The van der Waals surface area contributed by atoms with Gasteiger partial charge in [0.05, 0.1) is 17.9 Å². The van der Waals surface area contributed by atoms with Crippen LogP contribution in [0.3, 0.4) is 0 Å². The van der Waals surface area contributed by atoms with E-state index in [9.17, 15) is 4.79 Å². The standard InChI is InChI=1S/C18H22N2O2.ClH/c1-12-5-4-6-16(13(12)2)14(3)17-9-20(10-19-17)11-22-18(21)15-7-8-15;/h4-6,9-10,14-15H,7-8,11H2,1-3H3;1H/t14-;/m0./s1. The molecule has 0 amide bonds. The largest absolute Gasteiger partial charge is 0.444 e. The molecule has 23 heavy (non-hydrogen) atoms. The van der Waals surface area contributed by atoms with Gasteiger partial charge in [-0.05, 0) is 43.4 Å². The molecule has 0 N–H and O–H groups in total. The summed E-state index contributed by atoms with van der Waals surface area (Å²) in [5.74, 6) is 0.273. The SMILES string of the molecule is Cc1cccc([C@H](C)c2cn(COC(=O)C3CC3)cn2)c1C.Cl. The molecule has 0 saturated heterocycles. The van der Waals surface area contributed by atoms with Gasteiger partial charge in [0.2, 0.25) is 0 Å². The van der Waals surface area contributed by atoms with E-state index in [2.05, 4.69) is 44.0 Å². The Morgan fingerprint density at radius 3 is 2.83 bits per heavy atom. The maximum absolute atomic E-state index is 11.6. The Hall–Kier alpha value is -1.81. The van der Waals surface area contributed by atoms with Crippen LogP contribution in [-0.2, 0) is 16.3 Å². The maximum Gasteiger partial charge on any atom is 0.310 e. The molecule has 1 aromatic heterocycles. The van der Waals surface area contributed by atoms with Crippen molar-refractivity contribution < 1.29 is 9.53 Å². The zero-order valence-corrected chi connectivity index (χ0v) is 14.6. The molecule has 1 aromatic carbocycles. The highest BCUT2D eigenvalue weighted by molar-refractivity contribution is 5.85. The van der Waals surface area contributed by atoms with Crippen LogP contribution < -0.4 is 0 Å². The predicted molar refractivity (Wildman–Crippen MR) is 91.7 cm³/mol. The smallest absolute Gasteiger partial charge is 0.310 e. The number of nitrogens with zero attached hydrogens (tertiary/aromatic N) is 2. The van der Waals surface area contributed by atoms with Crippen molar-refractivity contribution in [3.63, 3.8) is 0 Å². The molecule has 1 aliphatic rings. The van der Waals surface area contributed by atoms with Crippen LogP contribution in [0.2, 0.25) is 0 Å². The second-order valence-corrected chi connectivity index (χ2v) is 6.19. The Morgan fingerprint density at radius 1 is 1.39 bits per heavy atom. The fraction of sp³-hybridized carbons (Fsp3) is 0.444. The Bertz CT molecular complexity index is 692. The average Bonchev–Trinajstić information content (AvgIpc) is 3.25. The first-order chi connectivity index (χ1) is 10.6. The van der Waals surface area contributed by atoms with Gasteiger partial charge in [0, 0.05) is 12.1 Å². The topological polar surface area (TPSA) is 44.1 Å². The summed E-state index contributed by atoms with van der Waals surface area (Å²) in [5.41, 5.74) is 4.89. The Balaban J connectivity index is 0.00000192. The van der Waals surface area contributed by atoms with E-state index in [1.54, 1.807) is 6.33 Å².